The molecule has 0 atom stereocenters. The predicted molar refractivity (Wildman–Crippen MR) is 116 cm³/mol. The van der Waals surface area contributed by atoms with Crippen LogP contribution in [0.4, 0.5) is 0 Å². The van der Waals surface area contributed by atoms with Gasteiger partial charge in [-0.1, -0.05) is 16.7 Å². The van der Waals surface area contributed by atoms with Crippen LogP contribution in [0.25, 0.3) is 6.08 Å². The molecule has 4 heteroatoms. The largest absolute Gasteiger partial charge is 0.489 e. The van der Waals surface area contributed by atoms with E-state index in [1.54, 1.807) is 6.08 Å². The summed E-state index contributed by atoms with van der Waals surface area (Å²) in [6.45, 7) is 13.2. The van der Waals surface area contributed by atoms with E-state index in [4.69, 9.17) is 14.2 Å². The highest BCUT2D eigenvalue weighted by Crippen LogP contribution is 2.26. The van der Waals surface area contributed by atoms with E-state index >= 15 is 0 Å². The van der Waals surface area contributed by atoms with Gasteiger partial charge in [-0.3, -0.25) is 0 Å². The Morgan fingerprint density at radius 1 is 0.821 bits per heavy atom. The van der Waals surface area contributed by atoms with Gasteiger partial charge in [-0.2, -0.15) is 0 Å². The maximum atomic E-state index is 11.9. The van der Waals surface area contributed by atoms with E-state index in [0.29, 0.717) is 24.7 Å². The molecule has 0 saturated carbocycles. The van der Waals surface area contributed by atoms with Gasteiger partial charge in [0.1, 0.15) is 31.3 Å². The van der Waals surface area contributed by atoms with Crippen molar-refractivity contribution in [3.05, 3.63) is 64.8 Å². The third kappa shape index (κ3) is 10.4. The molecule has 28 heavy (non-hydrogen) atoms. The van der Waals surface area contributed by atoms with Crippen LogP contribution >= 0.6 is 0 Å². The van der Waals surface area contributed by atoms with E-state index in [0.717, 1.165) is 11.1 Å². The fourth-order valence-electron chi connectivity index (χ4n) is 1.97. The van der Waals surface area contributed by atoms with Crippen LogP contribution in [0.3, 0.4) is 0 Å². The van der Waals surface area contributed by atoms with Gasteiger partial charge in [0, 0.05) is 17.7 Å². The smallest absolute Gasteiger partial charge is 0.331 e. The Hall–Kier alpha value is -2.75. The summed E-state index contributed by atoms with van der Waals surface area (Å²) in [4.78, 5) is 11.9. The van der Waals surface area contributed by atoms with Crippen LogP contribution in [-0.2, 0) is 9.53 Å². The molecule has 0 aliphatic heterocycles. The zero-order chi connectivity index (χ0) is 20.9. The van der Waals surface area contributed by atoms with Crippen LogP contribution in [0.15, 0.2) is 59.2 Å². The van der Waals surface area contributed by atoms with Crippen molar-refractivity contribution < 1.29 is 19.0 Å². The molecule has 0 spiro atoms. The Morgan fingerprint density at radius 2 is 1.39 bits per heavy atom. The molecule has 0 aliphatic rings. The van der Waals surface area contributed by atoms with Crippen LogP contribution in [0.5, 0.6) is 11.5 Å². The number of rotatable bonds is 10. The number of carbonyl (C=O) groups excluding carboxylic acids is 1. The summed E-state index contributed by atoms with van der Waals surface area (Å²) < 4.78 is 16.8. The molecule has 1 aromatic carbocycles. The molecule has 152 valence electrons. The van der Waals surface area contributed by atoms with E-state index in [-0.39, 0.29) is 6.61 Å². The van der Waals surface area contributed by atoms with Crippen molar-refractivity contribution in [3.63, 3.8) is 0 Å². The lowest BCUT2D eigenvalue weighted by atomic mass is 10.1. The number of carbonyl (C=O) groups is 1. The first-order valence-electron chi connectivity index (χ1n) is 9.42. The highest BCUT2D eigenvalue weighted by atomic mass is 16.5. The number of hydrogen-bond donors (Lipinski definition) is 0. The fourth-order valence-corrected chi connectivity index (χ4v) is 1.97. The van der Waals surface area contributed by atoms with Gasteiger partial charge in [0.05, 0.1) is 0 Å². The van der Waals surface area contributed by atoms with Gasteiger partial charge in [-0.25, -0.2) is 4.79 Å². The summed E-state index contributed by atoms with van der Waals surface area (Å²) in [6, 6.07) is 5.57. The van der Waals surface area contributed by atoms with Gasteiger partial charge in [0.15, 0.2) is 0 Å². The first kappa shape index (κ1) is 23.3. The number of hydrogen-bond acceptors (Lipinski definition) is 4. The zero-order valence-electron chi connectivity index (χ0n) is 17.9. The first-order valence-corrected chi connectivity index (χ1v) is 9.42. The molecular weight excluding hydrogens is 352 g/mol. The predicted octanol–water partition coefficient (Wildman–Crippen LogP) is 5.90. The average Bonchev–Trinajstić information content (AvgIpc) is 2.60. The number of allylic oxidation sites excluding steroid dienone is 3. The Bertz CT molecular complexity index is 755. The average molecular weight is 385 g/mol. The summed E-state index contributed by atoms with van der Waals surface area (Å²) >= 11 is 0. The molecular formula is C24H32O4. The molecule has 1 rings (SSSR count). The van der Waals surface area contributed by atoms with Crippen LogP contribution < -0.4 is 9.47 Å². The van der Waals surface area contributed by atoms with Crippen molar-refractivity contribution in [2.24, 2.45) is 0 Å². The van der Waals surface area contributed by atoms with Gasteiger partial charge < -0.3 is 14.2 Å². The zero-order valence-corrected chi connectivity index (χ0v) is 17.9. The second-order valence-electron chi connectivity index (χ2n) is 7.13. The Balaban J connectivity index is 2.89. The third-order valence-electron chi connectivity index (χ3n) is 3.57. The van der Waals surface area contributed by atoms with E-state index in [1.807, 2.05) is 78.0 Å². The van der Waals surface area contributed by atoms with E-state index in [9.17, 15) is 4.79 Å². The van der Waals surface area contributed by atoms with Gasteiger partial charge in [-0.15, -0.1) is 0 Å². The Labute approximate surface area is 169 Å². The molecule has 0 aromatic heterocycles. The van der Waals surface area contributed by atoms with E-state index < -0.39 is 5.97 Å². The maximum absolute atomic E-state index is 11.9. The summed E-state index contributed by atoms with van der Waals surface area (Å²) in [5.41, 5.74) is 4.27. The highest BCUT2D eigenvalue weighted by Gasteiger charge is 2.05. The Kier molecular flexibility index (Phi) is 10.5. The third-order valence-corrected chi connectivity index (χ3v) is 3.57. The second kappa shape index (κ2) is 12.6. The molecule has 0 N–H and O–H groups in total. The van der Waals surface area contributed by atoms with Crippen LogP contribution in [0, 0.1) is 0 Å². The minimum atomic E-state index is -0.392. The number of ether oxygens (including phenoxy) is 3. The summed E-state index contributed by atoms with van der Waals surface area (Å²) in [5.74, 6) is 0.977. The van der Waals surface area contributed by atoms with Crippen molar-refractivity contribution in [2.45, 2.75) is 41.5 Å². The molecule has 4 nitrogen and oxygen atoms in total. The first-order chi connectivity index (χ1) is 13.3. The topological polar surface area (TPSA) is 44.8 Å². The minimum Gasteiger partial charge on any atom is -0.489 e. The SMILES string of the molecule is CC(C)=CCOC(=O)C=Cc1ccc(OCC=C(C)C)cc1OCC=C(C)C. The van der Waals surface area contributed by atoms with Crippen molar-refractivity contribution in [2.75, 3.05) is 19.8 Å². The minimum absolute atomic E-state index is 0.270. The van der Waals surface area contributed by atoms with Crippen LogP contribution in [0.1, 0.15) is 47.1 Å². The molecule has 0 fully saturated rings. The molecule has 0 radical (unpaired) electrons. The standard InChI is InChI=1S/C24H32O4/c1-18(2)11-14-26-22-9-7-21(23(17-22)27-15-12-19(3)4)8-10-24(25)28-16-13-20(5)6/h7-13,17H,14-16H2,1-6H3. The number of benzene rings is 1. The lowest BCUT2D eigenvalue weighted by molar-refractivity contribution is -0.136. The van der Waals surface area contributed by atoms with E-state index in [2.05, 4.69) is 0 Å². The molecule has 0 saturated heterocycles. The van der Waals surface area contributed by atoms with Crippen molar-refractivity contribution in [3.8, 4) is 11.5 Å². The van der Waals surface area contributed by atoms with Crippen LogP contribution in [-0.4, -0.2) is 25.8 Å². The molecule has 0 amide bonds. The summed E-state index contributed by atoms with van der Waals surface area (Å²) in [6.07, 6.45) is 8.98. The van der Waals surface area contributed by atoms with Crippen molar-refractivity contribution >= 4 is 12.0 Å². The van der Waals surface area contributed by atoms with Gasteiger partial charge in [0.2, 0.25) is 0 Å². The normalized spacial score (nSPS) is 10.2. The fraction of sp³-hybridized carbons (Fsp3) is 0.375. The molecule has 0 unspecified atom stereocenters. The highest BCUT2D eigenvalue weighted by molar-refractivity contribution is 5.87. The van der Waals surface area contributed by atoms with E-state index in [1.165, 1.54) is 17.2 Å². The summed E-state index contributed by atoms with van der Waals surface area (Å²) in [7, 11) is 0. The lowest BCUT2D eigenvalue weighted by Crippen LogP contribution is -2.01. The van der Waals surface area contributed by atoms with Gasteiger partial charge >= 0.3 is 5.97 Å². The van der Waals surface area contributed by atoms with Gasteiger partial charge in [0.25, 0.3) is 0 Å². The molecule has 0 bridgehead atoms. The van der Waals surface area contributed by atoms with Crippen molar-refractivity contribution in [1.82, 2.24) is 0 Å². The second-order valence-corrected chi connectivity index (χ2v) is 7.13. The maximum Gasteiger partial charge on any atom is 0.331 e. The quantitative estimate of drug-likeness (QED) is 0.286. The number of esters is 1. The van der Waals surface area contributed by atoms with Gasteiger partial charge in [-0.05, 0) is 78.0 Å². The summed E-state index contributed by atoms with van der Waals surface area (Å²) in [5, 5.41) is 0. The molecule has 0 heterocycles. The van der Waals surface area contributed by atoms with Crippen molar-refractivity contribution in [1.29, 1.82) is 0 Å². The monoisotopic (exact) mass is 384 g/mol. The molecule has 1 aromatic rings. The van der Waals surface area contributed by atoms with Crippen LogP contribution in [0.2, 0.25) is 0 Å². The Morgan fingerprint density at radius 3 is 2.00 bits per heavy atom. The lowest BCUT2D eigenvalue weighted by Gasteiger charge is -2.11. The molecule has 0 aliphatic carbocycles.